The molecule has 3 heterocycles. The van der Waals surface area contributed by atoms with Gasteiger partial charge in [0.05, 0.1) is 30.1 Å². The smallest absolute Gasteiger partial charge is 0.406 e. The summed E-state index contributed by atoms with van der Waals surface area (Å²) >= 11 is 0. The molecule has 0 aliphatic carbocycles. The van der Waals surface area contributed by atoms with Gasteiger partial charge in [0.25, 0.3) is 0 Å². The van der Waals surface area contributed by atoms with Crippen molar-refractivity contribution in [2.75, 3.05) is 23.6 Å². The lowest BCUT2D eigenvalue weighted by atomic mass is 9.85. The summed E-state index contributed by atoms with van der Waals surface area (Å²) in [6, 6.07) is 11.1. The number of carbonyl (C=O) groups excluding carboxylic acids is 1. The molecule has 1 atom stereocenters. The fourth-order valence-electron chi connectivity index (χ4n) is 5.11. The van der Waals surface area contributed by atoms with Gasteiger partial charge in [-0.25, -0.2) is 9.07 Å². The molecule has 0 fully saturated rings. The Morgan fingerprint density at radius 1 is 1.08 bits per heavy atom. The van der Waals surface area contributed by atoms with E-state index in [2.05, 4.69) is 10.2 Å². The van der Waals surface area contributed by atoms with Crippen LogP contribution in [0.1, 0.15) is 44.5 Å². The zero-order valence-corrected chi connectivity index (χ0v) is 21.6. The molecular weight excluding hydrogens is 518 g/mol. The van der Waals surface area contributed by atoms with Crippen LogP contribution >= 0.6 is 0 Å². The number of fused-ring (bicyclic) bond motifs is 1. The van der Waals surface area contributed by atoms with Gasteiger partial charge in [-0.05, 0) is 45.0 Å². The number of hydrogen-bond donors (Lipinski definition) is 0. The minimum atomic E-state index is -4.67. The third kappa shape index (κ3) is 4.43. The monoisotopic (exact) mass is 543 g/mol. The van der Waals surface area contributed by atoms with Gasteiger partial charge in [0.1, 0.15) is 24.0 Å². The average Bonchev–Trinajstić information content (AvgIpc) is 3.35. The van der Waals surface area contributed by atoms with Gasteiger partial charge in [-0.1, -0.05) is 18.2 Å². The first-order valence-corrected chi connectivity index (χ1v) is 12.1. The van der Waals surface area contributed by atoms with Crippen LogP contribution in [0.15, 0.2) is 58.6 Å². The number of para-hydroxylation sites is 1. The molecule has 0 N–H and O–H groups in total. The van der Waals surface area contributed by atoms with Crippen molar-refractivity contribution in [1.82, 2.24) is 9.78 Å². The molecule has 0 spiro atoms. The summed E-state index contributed by atoms with van der Waals surface area (Å²) in [4.78, 5) is 26.8. The minimum absolute atomic E-state index is 0.0488. The predicted octanol–water partition coefficient (Wildman–Crippen LogP) is 4.89. The lowest BCUT2D eigenvalue weighted by molar-refractivity contribution is -0.134. The summed E-state index contributed by atoms with van der Waals surface area (Å²) in [5.74, 6) is -1.89. The largest absolute Gasteiger partial charge is 0.491 e. The lowest BCUT2D eigenvalue weighted by Gasteiger charge is -2.24. The molecule has 2 aliphatic heterocycles. The summed E-state index contributed by atoms with van der Waals surface area (Å²) in [5.41, 5.74) is -1.02. The molecule has 1 amide bonds. The van der Waals surface area contributed by atoms with Crippen LogP contribution in [0.25, 0.3) is 5.69 Å². The SMILES string of the molecule is COc1cn(-c2ccc3c(c2F)C(C)(C)C(=O)N3CC(F)(F)F)nc(C2CC(C)=NN2c2ccccc2)c1=O. The molecule has 1 unspecified atom stereocenters. The van der Waals surface area contributed by atoms with Crippen LogP contribution in [0, 0.1) is 5.82 Å². The number of benzene rings is 2. The van der Waals surface area contributed by atoms with E-state index in [1.165, 1.54) is 39.3 Å². The number of hydrazone groups is 1. The number of rotatable bonds is 5. The number of methoxy groups -OCH3 is 1. The molecule has 8 nitrogen and oxygen atoms in total. The van der Waals surface area contributed by atoms with E-state index in [1.807, 2.05) is 37.3 Å². The Bertz CT molecular complexity index is 1550. The third-order valence-electron chi connectivity index (χ3n) is 6.91. The molecular formula is C27H25F4N5O3. The van der Waals surface area contributed by atoms with Gasteiger partial charge in [-0.15, -0.1) is 0 Å². The Labute approximate surface area is 221 Å². The molecule has 0 radical (unpaired) electrons. The number of carbonyl (C=O) groups is 1. The molecule has 1 aromatic heterocycles. The van der Waals surface area contributed by atoms with E-state index in [-0.39, 0.29) is 28.4 Å². The highest BCUT2D eigenvalue weighted by atomic mass is 19.4. The van der Waals surface area contributed by atoms with Crippen molar-refractivity contribution < 1.29 is 27.1 Å². The Morgan fingerprint density at radius 2 is 1.74 bits per heavy atom. The van der Waals surface area contributed by atoms with E-state index in [1.54, 1.807) is 5.01 Å². The molecule has 5 rings (SSSR count). The van der Waals surface area contributed by atoms with Crippen LogP contribution in [0.2, 0.25) is 0 Å². The molecule has 39 heavy (non-hydrogen) atoms. The molecule has 0 saturated carbocycles. The summed E-state index contributed by atoms with van der Waals surface area (Å²) in [6.07, 6.45) is -3.08. The van der Waals surface area contributed by atoms with Crippen LogP contribution in [0.3, 0.4) is 0 Å². The Kier molecular flexibility index (Phi) is 6.23. The highest BCUT2D eigenvalue weighted by Crippen LogP contribution is 2.45. The Balaban J connectivity index is 1.65. The van der Waals surface area contributed by atoms with Gasteiger partial charge in [0, 0.05) is 17.7 Å². The van der Waals surface area contributed by atoms with Crippen molar-refractivity contribution in [2.24, 2.45) is 5.10 Å². The zero-order valence-electron chi connectivity index (χ0n) is 21.6. The van der Waals surface area contributed by atoms with E-state index in [9.17, 15) is 22.8 Å². The average molecular weight is 544 g/mol. The normalized spacial score (nSPS) is 18.4. The molecule has 2 aromatic carbocycles. The van der Waals surface area contributed by atoms with Crippen molar-refractivity contribution in [1.29, 1.82) is 0 Å². The number of aromatic nitrogens is 2. The molecule has 0 saturated heterocycles. The van der Waals surface area contributed by atoms with Crippen molar-refractivity contribution in [3.63, 3.8) is 0 Å². The number of amides is 1. The molecule has 204 valence electrons. The molecule has 3 aromatic rings. The summed E-state index contributed by atoms with van der Waals surface area (Å²) in [7, 11) is 1.30. The maximum atomic E-state index is 16.1. The second-order valence-corrected chi connectivity index (χ2v) is 10.0. The highest BCUT2D eigenvalue weighted by molar-refractivity contribution is 6.08. The quantitative estimate of drug-likeness (QED) is 0.428. The maximum absolute atomic E-state index is 16.1. The molecule has 0 bridgehead atoms. The van der Waals surface area contributed by atoms with Gasteiger partial charge in [-0.2, -0.15) is 23.4 Å². The zero-order chi connectivity index (χ0) is 28.3. The van der Waals surface area contributed by atoms with Gasteiger partial charge in [0.2, 0.25) is 11.3 Å². The standard InChI is InChI=1S/C27H25F4N5O3/c1-15-12-19(36(32-15)16-8-6-5-7-9-16)23-24(37)20(39-4)13-35(33-23)18-11-10-17-21(22(18)28)26(2,3)25(38)34(17)14-27(29,30)31/h5-11,13,19H,12,14H2,1-4H3. The maximum Gasteiger partial charge on any atom is 0.406 e. The first-order valence-electron chi connectivity index (χ1n) is 12.1. The fraction of sp³-hybridized carbons (Fsp3) is 0.333. The van der Waals surface area contributed by atoms with Gasteiger partial charge in [-0.3, -0.25) is 14.6 Å². The minimum Gasteiger partial charge on any atom is -0.491 e. The summed E-state index contributed by atoms with van der Waals surface area (Å²) in [5, 5.41) is 10.7. The number of nitrogens with zero attached hydrogens (tertiary/aromatic N) is 5. The van der Waals surface area contributed by atoms with E-state index in [0.717, 1.165) is 16.1 Å². The Hall–Kier alpha value is -4.22. The van der Waals surface area contributed by atoms with Crippen LogP contribution < -0.4 is 20.1 Å². The second kappa shape index (κ2) is 9.21. The van der Waals surface area contributed by atoms with Crippen LogP contribution in [0.4, 0.5) is 28.9 Å². The van der Waals surface area contributed by atoms with Gasteiger partial charge < -0.3 is 9.64 Å². The van der Waals surface area contributed by atoms with Gasteiger partial charge in [0.15, 0.2) is 11.6 Å². The number of halogens is 4. The highest BCUT2D eigenvalue weighted by Gasteiger charge is 2.49. The van der Waals surface area contributed by atoms with Gasteiger partial charge >= 0.3 is 6.18 Å². The van der Waals surface area contributed by atoms with E-state index < -0.39 is 41.3 Å². The number of ether oxygens (including phenoxy) is 1. The van der Waals surface area contributed by atoms with Crippen molar-refractivity contribution >= 4 is 23.0 Å². The number of hydrogen-bond acceptors (Lipinski definition) is 6. The summed E-state index contributed by atoms with van der Waals surface area (Å²) in [6.45, 7) is 3.03. The van der Waals surface area contributed by atoms with Crippen molar-refractivity contribution in [3.8, 4) is 11.4 Å². The molecule has 2 aliphatic rings. The van der Waals surface area contributed by atoms with Crippen molar-refractivity contribution in [3.05, 3.63) is 76.0 Å². The predicted molar refractivity (Wildman–Crippen MR) is 137 cm³/mol. The topological polar surface area (TPSA) is 80.0 Å². The van der Waals surface area contributed by atoms with Crippen molar-refractivity contribution in [2.45, 2.75) is 44.8 Å². The lowest BCUT2D eigenvalue weighted by Crippen LogP contribution is -2.41. The third-order valence-corrected chi connectivity index (χ3v) is 6.91. The van der Waals surface area contributed by atoms with Crippen LogP contribution in [-0.2, 0) is 10.2 Å². The summed E-state index contributed by atoms with van der Waals surface area (Å²) < 4.78 is 62.2. The first-order chi connectivity index (χ1) is 18.3. The van der Waals surface area contributed by atoms with Crippen LogP contribution in [-0.4, -0.2) is 41.2 Å². The van der Waals surface area contributed by atoms with E-state index in [4.69, 9.17) is 4.74 Å². The van der Waals surface area contributed by atoms with E-state index >= 15 is 4.39 Å². The first kappa shape index (κ1) is 26.4. The second-order valence-electron chi connectivity index (χ2n) is 10.0. The fourth-order valence-corrected chi connectivity index (χ4v) is 5.11. The molecule has 12 heteroatoms. The number of anilines is 2. The number of alkyl halides is 3. The van der Waals surface area contributed by atoms with E-state index in [0.29, 0.717) is 11.3 Å². The van der Waals surface area contributed by atoms with Crippen LogP contribution in [0.5, 0.6) is 5.75 Å². The Morgan fingerprint density at radius 3 is 2.38 bits per heavy atom.